The van der Waals surface area contributed by atoms with E-state index in [1.807, 2.05) is 72.8 Å². The van der Waals surface area contributed by atoms with E-state index in [-0.39, 0.29) is 18.4 Å². The van der Waals surface area contributed by atoms with E-state index in [1.54, 1.807) is 0 Å². The number of hydrogen-bond acceptors (Lipinski definition) is 3. The van der Waals surface area contributed by atoms with Gasteiger partial charge in [-0.3, -0.25) is 18.6 Å². The molecular weight excluding hydrogens is 542 g/mol. The number of fused-ring (bicyclic) bond motifs is 2. The van der Waals surface area contributed by atoms with Crippen molar-refractivity contribution in [3.63, 3.8) is 0 Å². The summed E-state index contributed by atoms with van der Waals surface area (Å²) in [5.41, 5.74) is 5.29. The molecule has 4 aromatic rings. The fourth-order valence-electron chi connectivity index (χ4n) is 6.62. The van der Waals surface area contributed by atoms with E-state index in [0.717, 1.165) is 42.1 Å². The van der Waals surface area contributed by atoms with Crippen molar-refractivity contribution in [3.05, 3.63) is 113 Å². The maximum atomic E-state index is 13.7. The fourth-order valence-corrected chi connectivity index (χ4v) is 7.33. The molecule has 3 unspecified atom stereocenters. The number of aryl methyl sites for hydroxylation is 1. The summed E-state index contributed by atoms with van der Waals surface area (Å²) < 4.78 is 24.9. The molecule has 218 valence electrons. The first-order valence-electron chi connectivity index (χ1n) is 15.1. The van der Waals surface area contributed by atoms with E-state index in [2.05, 4.69) is 28.4 Å². The van der Waals surface area contributed by atoms with Crippen LogP contribution in [0.5, 0.6) is 0 Å². The summed E-state index contributed by atoms with van der Waals surface area (Å²) in [5.74, 6) is -0.129. The van der Waals surface area contributed by atoms with Crippen LogP contribution in [-0.4, -0.2) is 32.7 Å². The highest BCUT2D eigenvalue weighted by Gasteiger charge is 2.30. The smallest absolute Gasteiger partial charge is 0.262 e. The number of rotatable bonds is 9. The number of anilines is 1. The molecule has 1 aliphatic heterocycles. The number of piperidine rings is 1. The summed E-state index contributed by atoms with van der Waals surface area (Å²) in [6.45, 7) is 3.34. The van der Waals surface area contributed by atoms with Gasteiger partial charge in [-0.15, -0.1) is 0 Å². The number of carbonyl (C=O) groups is 1. The van der Waals surface area contributed by atoms with Crippen LogP contribution in [0.3, 0.4) is 0 Å². The third-order valence-corrected chi connectivity index (χ3v) is 9.52. The minimum Gasteiger partial charge on any atom is -0.349 e. The van der Waals surface area contributed by atoms with Gasteiger partial charge in [-0.05, 0) is 90.4 Å². The van der Waals surface area contributed by atoms with Gasteiger partial charge in [-0.1, -0.05) is 85.3 Å². The second kappa shape index (κ2) is 13.2. The Balaban J connectivity index is 1.22. The number of nitrogens with one attached hydrogen (secondary N) is 1. The van der Waals surface area contributed by atoms with Crippen molar-refractivity contribution in [2.45, 2.75) is 63.6 Å². The van der Waals surface area contributed by atoms with Gasteiger partial charge in [0, 0.05) is 6.54 Å². The largest absolute Gasteiger partial charge is 0.349 e. The van der Waals surface area contributed by atoms with E-state index < -0.39 is 17.3 Å². The molecule has 1 aliphatic carbocycles. The molecule has 3 atom stereocenters. The van der Waals surface area contributed by atoms with Crippen molar-refractivity contribution in [1.82, 2.24) is 10.2 Å². The average Bonchev–Trinajstić information content (AvgIpc) is 3.01. The summed E-state index contributed by atoms with van der Waals surface area (Å²) in [7, 11) is 0. The summed E-state index contributed by atoms with van der Waals surface area (Å²) in [6.07, 6.45) is 6.90. The van der Waals surface area contributed by atoms with Crippen LogP contribution in [0.15, 0.2) is 91.0 Å². The molecule has 7 heteroatoms. The van der Waals surface area contributed by atoms with Crippen LogP contribution in [0.2, 0.25) is 0 Å². The van der Waals surface area contributed by atoms with E-state index >= 15 is 0 Å². The van der Waals surface area contributed by atoms with Crippen molar-refractivity contribution in [1.29, 1.82) is 0 Å². The summed E-state index contributed by atoms with van der Waals surface area (Å²) in [5, 5.41) is 5.32. The molecule has 2 aliphatic rings. The predicted octanol–water partition coefficient (Wildman–Crippen LogP) is 7.09. The molecule has 0 saturated carbocycles. The Hall–Kier alpha value is -3.52. The van der Waals surface area contributed by atoms with Crippen molar-refractivity contribution in [2.24, 2.45) is 0 Å². The molecule has 2 N–H and O–H groups in total. The topological polar surface area (TPSA) is 72.9 Å². The minimum atomic E-state index is -2.34. The molecule has 1 heterocycles. The van der Waals surface area contributed by atoms with Gasteiger partial charge in [-0.25, -0.2) is 4.21 Å². The monoisotopic (exact) mass is 581 g/mol. The molecule has 1 amide bonds. The van der Waals surface area contributed by atoms with Gasteiger partial charge >= 0.3 is 0 Å². The van der Waals surface area contributed by atoms with E-state index in [0.29, 0.717) is 5.69 Å². The molecule has 6 nitrogen and oxygen atoms in total. The Morgan fingerprint density at radius 2 is 1.67 bits per heavy atom. The second-order valence-corrected chi connectivity index (χ2v) is 12.5. The first-order valence-corrected chi connectivity index (χ1v) is 16.2. The Morgan fingerprint density at radius 1 is 0.905 bits per heavy atom. The maximum Gasteiger partial charge on any atom is 0.262 e. The standard InChI is InChI=1S/C35H39N3O3S/c39-35(36-33-15-9-14-30-22-26(16-19-32(30)33)25-37-20-7-2-8-21-37)24-34(28-11-3-1-4-12-28)38(42(40)41)31-18-17-27-10-5-6-13-29(27)23-31/h1,3-6,10-13,16-19,22-23,33-34H,2,7-9,14-15,20-21,24-25H2,(H,36,39)(H,40,41). The quantitative estimate of drug-likeness (QED) is 0.207. The van der Waals surface area contributed by atoms with Crippen molar-refractivity contribution in [2.75, 3.05) is 17.4 Å². The van der Waals surface area contributed by atoms with Crippen LogP contribution in [-0.2, 0) is 29.0 Å². The third-order valence-electron chi connectivity index (χ3n) is 8.71. The number of likely N-dealkylation sites (tertiary alicyclic amines) is 1. The molecule has 1 saturated heterocycles. The molecule has 6 rings (SSSR count). The molecule has 1 fully saturated rings. The van der Waals surface area contributed by atoms with Crippen LogP contribution >= 0.6 is 0 Å². The number of carbonyl (C=O) groups excluding carboxylic acids is 1. The van der Waals surface area contributed by atoms with Gasteiger partial charge < -0.3 is 5.32 Å². The highest BCUT2D eigenvalue weighted by molar-refractivity contribution is 7.80. The Labute approximate surface area is 251 Å². The Bertz CT molecular complexity index is 1550. The third kappa shape index (κ3) is 6.59. The molecular formula is C35H39N3O3S. The highest BCUT2D eigenvalue weighted by Crippen LogP contribution is 2.35. The van der Waals surface area contributed by atoms with Gasteiger partial charge in [0.25, 0.3) is 11.3 Å². The van der Waals surface area contributed by atoms with Gasteiger partial charge in [-0.2, -0.15) is 0 Å². The summed E-state index contributed by atoms with van der Waals surface area (Å²) >= 11 is -2.34. The lowest BCUT2D eigenvalue weighted by molar-refractivity contribution is -0.122. The zero-order valence-corrected chi connectivity index (χ0v) is 24.8. The summed E-state index contributed by atoms with van der Waals surface area (Å²) in [4.78, 5) is 16.2. The summed E-state index contributed by atoms with van der Waals surface area (Å²) in [6, 6.07) is 29.3. The van der Waals surface area contributed by atoms with Crippen molar-refractivity contribution in [3.8, 4) is 0 Å². The number of amides is 1. The van der Waals surface area contributed by atoms with Gasteiger partial charge in [0.1, 0.15) is 0 Å². The molecule has 0 spiro atoms. The van der Waals surface area contributed by atoms with Crippen LogP contribution in [0.4, 0.5) is 5.69 Å². The average molecular weight is 582 g/mol. The zero-order valence-electron chi connectivity index (χ0n) is 24.0. The normalized spacial score (nSPS) is 18.6. The molecule has 42 heavy (non-hydrogen) atoms. The van der Waals surface area contributed by atoms with Crippen LogP contribution in [0, 0.1) is 0 Å². The van der Waals surface area contributed by atoms with Crippen molar-refractivity contribution < 1.29 is 13.6 Å². The lowest BCUT2D eigenvalue weighted by Crippen LogP contribution is -2.37. The van der Waals surface area contributed by atoms with Crippen LogP contribution in [0.1, 0.15) is 72.9 Å². The number of hydrogen-bond donors (Lipinski definition) is 2. The van der Waals surface area contributed by atoms with E-state index in [4.69, 9.17) is 0 Å². The predicted molar refractivity (Wildman–Crippen MR) is 170 cm³/mol. The van der Waals surface area contributed by atoms with E-state index in [1.165, 1.54) is 53.3 Å². The lowest BCUT2D eigenvalue weighted by atomic mass is 9.86. The fraction of sp³-hybridized carbons (Fsp3) is 0.343. The zero-order chi connectivity index (χ0) is 28.9. The molecule has 0 radical (unpaired) electrons. The Morgan fingerprint density at radius 3 is 2.45 bits per heavy atom. The maximum absolute atomic E-state index is 13.7. The molecule has 0 bridgehead atoms. The Kier molecular flexibility index (Phi) is 8.98. The molecule has 0 aromatic heterocycles. The van der Waals surface area contributed by atoms with Crippen LogP contribution in [0.25, 0.3) is 10.8 Å². The number of nitrogens with zero attached hydrogens (tertiary/aromatic N) is 2. The second-order valence-electron chi connectivity index (χ2n) is 11.6. The van der Waals surface area contributed by atoms with E-state index in [9.17, 15) is 13.6 Å². The van der Waals surface area contributed by atoms with Gasteiger partial charge in [0.15, 0.2) is 0 Å². The first kappa shape index (κ1) is 28.6. The SMILES string of the molecule is O=C(CC(c1ccccc1)N(c1ccc2ccccc2c1)S(=O)O)NC1CCCc2cc(CN3CCCCC3)ccc21. The highest BCUT2D eigenvalue weighted by atomic mass is 32.2. The van der Waals surface area contributed by atoms with Gasteiger partial charge in [0.2, 0.25) is 5.91 Å². The number of benzene rings is 4. The molecule has 4 aromatic carbocycles. The van der Waals surface area contributed by atoms with Crippen LogP contribution < -0.4 is 9.62 Å². The van der Waals surface area contributed by atoms with Crippen molar-refractivity contribution >= 4 is 33.6 Å². The lowest BCUT2D eigenvalue weighted by Gasteiger charge is -2.32. The van der Waals surface area contributed by atoms with Gasteiger partial charge in [0.05, 0.1) is 24.2 Å². The minimum absolute atomic E-state index is 0.0576. The first-order chi connectivity index (χ1) is 20.5.